The molecule has 2 aromatic carbocycles. The Balaban J connectivity index is 1.02. The van der Waals surface area contributed by atoms with Gasteiger partial charge in [0.1, 0.15) is 6.04 Å². The monoisotopic (exact) mass is 648 g/mol. The second-order valence-corrected chi connectivity index (χ2v) is 14.2. The fraction of sp³-hybridized carbons (Fsp3) is 0.559. The van der Waals surface area contributed by atoms with Crippen LogP contribution in [0, 0.1) is 6.92 Å². The average molecular weight is 649 g/mol. The number of halogens is 1. The first-order valence-electron chi connectivity index (χ1n) is 16.7. The van der Waals surface area contributed by atoms with Crippen LogP contribution in [0.4, 0.5) is 10.5 Å². The third-order valence-corrected chi connectivity index (χ3v) is 11.3. The van der Waals surface area contributed by atoms with Gasteiger partial charge in [-0.3, -0.25) is 14.3 Å². The smallest absolute Gasteiger partial charge is 0.326 e. The number of nitrogens with two attached hydrogens (primary N) is 1. The highest BCUT2D eigenvalue weighted by molar-refractivity contribution is 6.33. The fourth-order valence-electron chi connectivity index (χ4n) is 8.37. The van der Waals surface area contributed by atoms with E-state index in [9.17, 15) is 14.4 Å². The van der Waals surface area contributed by atoms with E-state index in [2.05, 4.69) is 27.1 Å². The lowest BCUT2D eigenvalue weighted by molar-refractivity contribution is -0.135. The number of aryl methyl sites for hydroxylation is 1. The minimum absolute atomic E-state index is 0.00228. The number of H-pyrrole nitrogens is 1. The highest BCUT2D eigenvalue weighted by Gasteiger charge is 2.45. The third kappa shape index (κ3) is 5.89. The maximum atomic E-state index is 14.1. The SMILES string of the molecule is Cc1cc(C[C@@H](NC(=O)N2CCC(n3c(=O)[nH]c4ccccc43)CC2)C(=O)N2CCC(N3CC4CC3CN4C)CC2)cc(Cl)c1N. The number of carbonyl (C=O) groups excluding carboxylic acids is 2. The van der Waals surface area contributed by atoms with Crippen LogP contribution in [0.15, 0.2) is 41.2 Å². The lowest BCUT2D eigenvalue weighted by atomic mass is 9.98. The molecule has 3 amide bonds. The van der Waals surface area contributed by atoms with E-state index in [4.69, 9.17) is 17.3 Å². The Bertz CT molecular complexity index is 1650. The maximum absolute atomic E-state index is 14.1. The minimum atomic E-state index is -0.728. The molecule has 12 heteroatoms. The normalized spacial score (nSPS) is 23.8. The van der Waals surface area contributed by atoms with Gasteiger partial charge in [0.25, 0.3) is 0 Å². The zero-order valence-electron chi connectivity index (χ0n) is 26.8. The molecule has 7 rings (SSSR count). The Labute approximate surface area is 274 Å². The van der Waals surface area contributed by atoms with E-state index in [1.807, 2.05) is 46.7 Å². The summed E-state index contributed by atoms with van der Waals surface area (Å²) < 4.78 is 1.82. The van der Waals surface area contributed by atoms with Gasteiger partial charge >= 0.3 is 11.7 Å². The Morgan fingerprint density at radius 2 is 1.67 bits per heavy atom. The van der Waals surface area contributed by atoms with Crippen LogP contribution in [0.2, 0.25) is 5.02 Å². The van der Waals surface area contributed by atoms with Crippen molar-refractivity contribution in [1.29, 1.82) is 0 Å². The molecule has 1 aromatic heterocycles. The molecule has 5 heterocycles. The molecule has 3 aromatic rings. The molecule has 246 valence electrons. The van der Waals surface area contributed by atoms with E-state index in [1.54, 1.807) is 11.0 Å². The van der Waals surface area contributed by atoms with Crippen molar-refractivity contribution in [3.8, 4) is 0 Å². The molecular formula is C34H45ClN8O3. The third-order valence-electron chi connectivity index (χ3n) is 11.0. The number of imidazole rings is 1. The highest BCUT2D eigenvalue weighted by Crippen LogP contribution is 2.34. The van der Waals surface area contributed by atoms with Crippen molar-refractivity contribution >= 4 is 40.3 Å². The van der Waals surface area contributed by atoms with E-state index >= 15 is 0 Å². The standard InChI is InChI=1S/C34H45ClN8O3/c1-21-15-22(16-27(35)31(21)36)17-29(32(44)40-11-7-23(8-12-40)42-20-25-18-26(42)19-39(25)2)38-33(45)41-13-9-24(10-14-41)43-30-6-4-3-5-28(30)37-34(43)46/h3-6,15-16,23-26,29H,7-14,17-20,36H2,1-2H3,(H,37,46)(H,38,45)/t25?,26?,29-/m1/s1. The molecule has 4 fully saturated rings. The number of nitrogens with one attached hydrogen (secondary N) is 2. The first-order chi connectivity index (χ1) is 22.2. The van der Waals surface area contributed by atoms with Gasteiger partial charge in [-0.05, 0) is 75.4 Å². The van der Waals surface area contributed by atoms with Gasteiger partial charge < -0.3 is 30.7 Å². The molecule has 46 heavy (non-hydrogen) atoms. The first-order valence-corrected chi connectivity index (χ1v) is 17.1. The van der Waals surface area contributed by atoms with E-state index in [-0.39, 0.29) is 23.7 Å². The molecule has 3 atom stereocenters. The molecule has 2 bridgehead atoms. The van der Waals surface area contributed by atoms with E-state index in [0.29, 0.717) is 74.3 Å². The van der Waals surface area contributed by atoms with Crippen LogP contribution in [-0.4, -0.2) is 112 Å². The number of rotatable bonds is 6. The molecule has 4 saturated heterocycles. The predicted molar refractivity (Wildman–Crippen MR) is 180 cm³/mol. The Morgan fingerprint density at radius 1 is 0.978 bits per heavy atom. The number of amides is 3. The van der Waals surface area contributed by atoms with Crippen molar-refractivity contribution in [2.75, 3.05) is 52.0 Å². The quantitative estimate of drug-likeness (QED) is 0.353. The summed E-state index contributed by atoms with van der Waals surface area (Å²) in [4.78, 5) is 52.3. The topological polar surface area (TPSA) is 123 Å². The number of likely N-dealkylation sites (tertiary alicyclic amines) is 4. The zero-order valence-corrected chi connectivity index (χ0v) is 27.5. The number of likely N-dealkylation sites (N-methyl/N-ethyl adjacent to an activating group) is 1. The van der Waals surface area contributed by atoms with Crippen molar-refractivity contribution < 1.29 is 9.59 Å². The number of nitrogens with zero attached hydrogens (tertiary/aromatic N) is 5. The molecule has 11 nitrogen and oxygen atoms in total. The Morgan fingerprint density at radius 3 is 2.35 bits per heavy atom. The molecule has 2 unspecified atom stereocenters. The number of benzene rings is 2. The van der Waals surface area contributed by atoms with Crippen molar-refractivity contribution in [3.05, 3.63) is 63.0 Å². The van der Waals surface area contributed by atoms with Gasteiger partial charge in [-0.1, -0.05) is 29.8 Å². The van der Waals surface area contributed by atoms with Gasteiger partial charge in [0.2, 0.25) is 5.91 Å². The second kappa shape index (κ2) is 12.6. The fourth-order valence-corrected chi connectivity index (χ4v) is 8.66. The molecule has 0 radical (unpaired) electrons. The van der Waals surface area contributed by atoms with Crippen molar-refractivity contribution in [2.24, 2.45) is 0 Å². The molecule has 4 N–H and O–H groups in total. The summed E-state index contributed by atoms with van der Waals surface area (Å²) in [7, 11) is 2.22. The lowest BCUT2D eigenvalue weighted by Crippen LogP contribution is -2.57. The number of para-hydroxylation sites is 2. The summed E-state index contributed by atoms with van der Waals surface area (Å²) in [5.41, 5.74) is 9.91. The van der Waals surface area contributed by atoms with Crippen LogP contribution in [0.25, 0.3) is 11.0 Å². The number of aromatic nitrogens is 2. The summed E-state index contributed by atoms with van der Waals surface area (Å²) >= 11 is 6.43. The number of piperazine rings is 1. The lowest BCUT2D eigenvalue weighted by Gasteiger charge is -2.42. The zero-order chi connectivity index (χ0) is 32.1. The molecule has 0 saturated carbocycles. The number of aromatic amines is 1. The summed E-state index contributed by atoms with van der Waals surface area (Å²) in [6, 6.07) is 12.2. The maximum Gasteiger partial charge on any atom is 0.326 e. The molecule has 0 spiro atoms. The number of piperidine rings is 2. The van der Waals surface area contributed by atoms with Gasteiger partial charge in [-0.25, -0.2) is 9.59 Å². The number of urea groups is 1. The summed E-state index contributed by atoms with van der Waals surface area (Å²) in [5, 5.41) is 3.55. The number of carbonyl (C=O) groups is 2. The average Bonchev–Trinajstić information content (AvgIpc) is 3.74. The Hall–Kier alpha value is -3.54. The number of anilines is 1. The van der Waals surface area contributed by atoms with Crippen LogP contribution >= 0.6 is 11.6 Å². The van der Waals surface area contributed by atoms with Crippen LogP contribution in [0.5, 0.6) is 0 Å². The van der Waals surface area contributed by atoms with E-state index in [0.717, 1.165) is 48.1 Å². The van der Waals surface area contributed by atoms with E-state index < -0.39 is 6.04 Å². The van der Waals surface area contributed by atoms with Crippen LogP contribution in [0.3, 0.4) is 0 Å². The van der Waals surface area contributed by atoms with Crippen molar-refractivity contribution in [3.63, 3.8) is 0 Å². The first kappa shape index (κ1) is 31.1. The Kier molecular flexibility index (Phi) is 8.50. The molecule has 0 aliphatic carbocycles. The number of fused-ring (bicyclic) bond motifs is 3. The van der Waals surface area contributed by atoms with Gasteiger partial charge in [-0.2, -0.15) is 0 Å². The van der Waals surface area contributed by atoms with Gasteiger partial charge in [-0.15, -0.1) is 0 Å². The van der Waals surface area contributed by atoms with Crippen LogP contribution in [0.1, 0.15) is 49.3 Å². The number of hydrogen-bond donors (Lipinski definition) is 3. The number of nitrogen functional groups attached to an aromatic ring is 1. The van der Waals surface area contributed by atoms with E-state index in [1.165, 1.54) is 6.42 Å². The van der Waals surface area contributed by atoms with Crippen LogP contribution in [-0.2, 0) is 11.2 Å². The van der Waals surface area contributed by atoms with Crippen LogP contribution < -0.4 is 16.7 Å². The predicted octanol–water partition coefficient (Wildman–Crippen LogP) is 3.21. The van der Waals surface area contributed by atoms with Gasteiger partial charge in [0.05, 0.1) is 21.7 Å². The second-order valence-electron chi connectivity index (χ2n) is 13.8. The largest absolute Gasteiger partial charge is 0.397 e. The summed E-state index contributed by atoms with van der Waals surface area (Å²) in [6.07, 6.45) is 4.79. The van der Waals surface area contributed by atoms with Crippen molar-refractivity contribution in [2.45, 2.75) is 75.7 Å². The minimum Gasteiger partial charge on any atom is -0.397 e. The summed E-state index contributed by atoms with van der Waals surface area (Å²) in [6.45, 7) is 6.52. The van der Waals surface area contributed by atoms with Gasteiger partial charge in [0.15, 0.2) is 0 Å². The summed E-state index contributed by atoms with van der Waals surface area (Å²) in [5.74, 6) is -0.0553. The highest BCUT2D eigenvalue weighted by atomic mass is 35.5. The molecular weight excluding hydrogens is 604 g/mol. The number of hydrogen-bond acceptors (Lipinski definition) is 6. The molecule has 4 aliphatic rings. The van der Waals surface area contributed by atoms with Gasteiger partial charge in [0, 0.05) is 69.9 Å². The molecule has 4 aliphatic heterocycles. The van der Waals surface area contributed by atoms with Crippen molar-refractivity contribution in [1.82, 2.24) is 34.5 Å².